The fourth-order valence-corrected chi connectivity index (χ4v) is 3.14. The molecule has 1 aromatic heterocycles. The quantitative estimate of drug-likeness (QED) is 0.841. The Labute approximate surface area is 131 Å². The second-order valence-corrected chi connectivity index (χ2v) is 7.30. The molecule has 0 aliphatic heterocycles. The molecule has 1 aromatic carbocycles. The lowest BCUT2D eigenvalue weighted by Crippen LogP contribution is -2.21. The lowest BCUT2D eigenvalue weighted by molar-refractivity contribution is -0.119. The van der Waals surface area contributed by atoms with Crippen LogP contribution < -0.4 is 5.32 Å². The van der Waals surface area contributed by atoms with Crippen molar-refractivity contribution in [2.75, 3.05) is 18.2 Å². The van der Waals surface area contributed by atoms with Crippen LogP contribution in [0, 0.1) is 0 Å². The van der Waals surface area contributed by atoms with Gasteiger partial charge in [-0.2, -0.15) is 0 Å². The van der Waals surface area contributed by atoms with Crippen molar-refractivity contribution in [2.45, 2.75) is 4.90 Å². The van der Waals surface area contributed by atoms with Crippen molar-refractivity contribution in [2.24, 2.45) is 0 Å². The van der Waals surface area contributed by atoms with E-state index in [1.807, 2.05) is 0 Å². The minimum Gasteiger partial charge on any atom is -0.451 e. The van der Waals surface area contributed by atoms with Gasteiger partial charge in [0.1, 0.15) is 4.88 Å². The molecule has 2 rings (SSSR count). The van der Waals surface area contributed by atoms with Crippen molar-refractivity contribution in [1.29, 1.82) is 0 Å². The van der Waals surface area contributed by atoms with Gasteiger partial charge in [-0.25, -0.2) is 13.2 Å². The van der Waals surface area contributed by atoms with Crippen molar-refractivity contribution in [3.05, 3.63) is 46.7 Å². The summed E-state index contributed by atoms with van der Waals surface area (Å²) in [5.41, 5.74) is 0.155. The Kier molecular flexibility index (Phi) is 4.94. The molecule has 8 heteroatoms. The van der Waals surface area contributed by atoms with Crippen molar-refractivity contribution in [3.8, 4) is 0 Å². The summed E-state index contributed by atoms with van der Waals surface area (Å²) in [6.45, 7) is -0.491. The summed E-state index contributed by atoms with van der Waals surface area (Å²) in [6, 6.07) is 9.30. The molecule has 0 unspecified atom stereocenters. The van der Waals surface area contributed by atoms with E-state index in [-0.39, 0.29) is 10.6 Å². The molecule has 0 aliphatic rings. The lowest BCUT2D eigenvalue weighted by atomic mass is 10.3. The van der Waals surface area contributed by atoms with Gasteiger partial charge in [-0.3, -0.25) is 4.79 Å². The fraction of sp³-hybridized carbons (Fsp3) is 0.143. The van der Waals surface area contributed by atoms with E-state index in [0.717, 1.165) is 6.26 Å². The maximum atomic E-state index is 11.8. The molecular weight excluding hydrogens is 326 g/mol. The van der Waals surface area contributed by atoms with E-state index < -0.39 is 28.3 Å². The second-order valence-electron chi connectivity index (χ2n) is 4.37. The van der Waals surface area contributed by atoms with Gasteiger partial charge in [0.15, 0.2) is 16.4 Å². The van der Waals surface area contributed by atoms with E-state index in [1.165, 1.54) is 23.5 Å². The first-order valence-corrected chi connectivity index (χ1v) is 8.94. The zero-order valence-corrected chi connectivity index (χ0v) is 13.2. The van der Waals surface area contributed by atoms with Crippen LogP contribution in [0.25, 0.3) is 0 Å². The molecule has 22 heavy (non-hydrogen) atoms. The van der Waals surface area contributed by atoms with Crippen molar-refractivity contribution >= 4 is 38.7 Å². The van der Waals surface area contributed by atoms with E-state index in [2.05, 4.69) is 5.32 Å². The highest BCUT2D eigenvalue weighted by Crippen LogP contribution is 2.20. The molecule has 0 spiro atoms. The van der Waals surface area contributed by atoms with Crippen LogP contribution in [-0.2, 0) is 19.4 Å². The van der Waals surface area contributed by atoms with Crippen molar-refractivity contribution in [1.82, 2.24) is 0 Å². The average molecular weight is 339 g/mol. The van der Waals surface area contributed by atoms with Crippen LogP contribution in [0.1, 0.15) is 9.67 Å². The van der Waals surface area contributed by atoms with Crippen molar-refractivity contribution < 1.29 is 22.7 Å². The highest BCUT2D eigenvalue weighted by atomic mass is 32.2. The number of benzene rings is 1. The first-order valence-electron chi connectivity index (χ1n) is 6.17. The molecular formula is C14H13NO5S2. The standard InChI is InChI=1S/C14H13NO5S2/c1-22(18,19)12-7-3-2-5-10(12)15-13(16)9-20-14(17)11-6-4-8-21-11/h2-8H,9H2,1H3,(H,15,16). The van der Waals surface area contributed by atoms with E-state index in [0.29, 0.717) is 4.88 Å². The Morgan fingerprint density at radius 2 is 1.91 bits per heavy atom. The topological polar surface area (TPSA) is 89.5 Å². The van der Waals surface area contributed by atoms with Gasteiger partial charge in [0, 0.05) is 6.26 Å². The van der Waals surface area contributed by atoms with Crippen LogP contribution >= 0.6 is 11.3 Å². The zero-order chi connectivity index (χ0) is 16.2. The van der Waals surface area contributed by atoms with Gasteiger partial charge >= 0.3 is 5.97 Å². The fourth-order valence-electron chi connectivity index (χ4n) is 1.68. The number of nitrogens with one attached hydrogen (secondary N) is 1. The van der Waals surface area contributed by atoms with Crippen LogP contribution in [0.15, 0.2) is 46.7 Å². The molecule has 2 aromatic rings. The van der Waals surface area contributed by atoms with Gasteiger partial charge in [0.25, 0.3) is 5.91 Å². The molecule has 0 radical (unpaired) electrons. The number of carbonyl (C=O) groups excluding carboxylic acids is 2. The average Bonchev–Trinajstić information content (AvgIpc) is 2.98. The number of ether oxygens (including phenoxy) is 1. The Balaban J connectivity index is 2.00. The second kappa shape index (κ2) is 6.71. The highest BCUT2D eigenvalue weighted by molar-refractivity contribution is 7.90. The predicted octanol–water partition coefficient (Wildman–Crippen LogP) is 1.95. The number of hydrogen-bond acceptors (Lipinski definition) is 6. The summed E-state index contributed by atoms with van der Waals surface area (Å²) in [5, 5.41) is 4.15. The van der Waals surface area contributed by atoms with Crippen LogP contribution in [0.5, 0.6) is 0 Å². The van der Waals surface area contributed by atoms with Crippen LogP contribution in [0.3, 0.4) is 0 Å². The zero-order valence-electron chi connectivity index (χ0n) is 11.6. The molecule has 0 bridgehead atoms. The third-order valence-electron chi connectivity index (χ3n) is 2.62. The number of rotatable bonds is 5. The minimum absolute atomic E-state index is 0.00735. The molecule has 0 atom stereocenters. The summed E-state index contributed by atoms with van der Waals surface area (Å²) in [7, 11) is -3.47. The van der Waals surface area contributed by atoms with Gasteiger partial charge in [0.2, 0.25) is 0 Å². The number of hydrogen-bond donors (Lipinski definition) is 1. The largest absolute Gasteiger partial charge is 0.451 e. The van der Waals surface area contributed by atoms with Gasteiger partial charge in [0.05, 0.1) is 10.6 Å². The highest BCUT2D eigenvalue weighted by Gasteiger charge is 2.16. The molecule has 0 saturated heterocycles. The van der Waals surface area contributed by atoms with E-state index in [1.54, 1.807) is 29.6 Å². The Hall–Kier alpha value is -2.19. The normalized spacial score (nSPS) is 11.0. The number of carbonyl (C=O) groups is 2. The first kappa shape index (κ1) is 16.2. The minimum atomic E-state index is -3.47. The van der Waals surface area contributed by atoms with Crippen molar-refractivity contribution in [3.63, 3.8) is 0 Å². The van der Waals surface area contributed by atoms with E-state index >= 15 is 0 Å². The number of amides is 1. The third-order valence-corrected chi connectivity index (χ3v) is 4.62. The van der Waals surface area contributed by atoms with Crippen LogP contribution in [0.2, 0.25) is 0 Å². The molecule has 0 aliphatic carbocycles. The number of para-hydroxylation sites is 1. The summed E-state index contributed by atoms with van der Waals surface area (Å²) in [4.78, 5) is 23.8. The van der Waals surface area contributed by atoms with Crippen LogP contribution in [0.4, 0.5) is 5.69 Å². The van der Waals surface area contributed by atoms with E-state index in [4.69, 9.17) is 4.74 Å². The number of esters is 1. The smallest absolute Gasteiger partial charge is 0.348 e. The predicted molar refractivity (Wildman–Crippen MR) is 82.8 cm³/mol. The summed E-state index contributed by atoms with van der Waals surface area (Å²) >= 11 is 1.21. The Morgan fingerprint density at radius 3 is 2.55 bits per heavy atom. The maximum absolute atomic E-state index is 11.8. The van der Waals surface area contributed by atoms with Crippen LogP contribution in [-0.4, -0.2) is 33.2 Å². The number of sulfone groups is 1. The maximum Gasteiger partial charge on any atom is 0.348 e. The molecule has 0 fully saturated rings. The number of thiophene rings is 1. The third kappa shape index (κ3) is 4.15. The van der Waals surface area contributed by atoms with Gasteiger partial charge in [-0.15, -0.1) is 11.3 Å². The summed E-state index contributed by atoms with van der Waals surface area (Å²) in [6.07, 6.45) is 1.05. The van der Waals surface area contributed by atoms with Gasteiger partial charge in [-0.05, 0) is 23.6 Å². The Bertz CT molecular complexity index is 781. The van der Waals surface area contributed by atoms with E-state index in [9.17, 15) is 18.0 Å². The molecule has 1 N–H and O–H groups in total. The number of anilines is 1. The van der Waals surface area contributed by atoms with Gasteiger partial charge in [-0.1, -0.05) is 18.2 Å². The molecule has 0 saturated carbocycles. The molecule has 1 amide bonds. The molecule has 6 nitrogen and oxygen atoms in total. The molecule has 116 valence electrons. The van der Waals surface area contributed by atoms with Gasteiger partial charge < -0.3 is 10.1 Å². The summed E-state index contributed by atoms with van der Waals surface area (Å²) < 4.78 is 28.1. The summed E-state index contributed by atoms with van der Waals surface area (Å²) in [5.74, 6) is -1.21. The Morgan fingerprint density at radius 1 is 1.18 bits per heavy atom. The SMILES string of the molecule is CS(=O)(=O)c1ccccc1NC(=O)COC(=O)c1cccs1. The lowest BCUT2D eigenvalue weighted by Gasteiger charge is -2.09. The first-order chi connectivity index (χ1) is 10.4. The molecule has 1 heterocycles. The monoisotopic (exact) mass is 339 g/mol.